The molecule has 7 heteroatoms. The molecule has 0 radical (unpaired) electrons. The molecule has 1 saturated heterocycles. The molecule has 3 rings (SSSR count). The summed E-state index contributed by atoms with van der Waals surface area (Å²) in [7, 11) is 0. The molecular formula is C21H24BrClFNO3. The first kappa shape index (κ1) is 21.4. The molecule has 0 saturated carbocycles. The smallest absolute Gasteiger partial charge is 0.162 e. The van der Waals surface area contributed by atoms with Gasteiger partial charge in [0, 0.05) is 29.7 Å². The van der Waals surface area contributed by atoms with Crippen LogP contribution in [0.4, 0.5) is 4.39 Å². The van der Waals surface area contributed by atoms with Crippen LogP contribution >= 0.6 is 27.5 Å². The molecule has 1 heterocycles. The lowest BCUT2D eigenvalue weighted by molar-refractivity contribution is 0.110. The van der Waals surface area contributed by atoms with Crippen LogP contribution in [0.1, 0.15) is 30.9 Å². The van der Waals surface area contributed by atoms with Gasteiger partial charge in [0.15, 0.2) is 11.5 Å². The van der Waals surface area contributed by atoms with Crippen molar-refractivity contribution in [3.05, 3.63) is 56.8 Å². The molecule has 1 N–H and O–H groups in total. The Morgan fingerprint density at radius 3 is 2.82 bits per heavy atom. The lowest BCUT2D eigenvalue weighted by Crippen LogP contribution is -2.25. The van der Waals surface area contributed by atoms with Gasteiger partial charge in [-0.15, -0.1) is 0 Å². The van der Waals surface area contributed by atoms with Crippen molar-refractivity contribution in [3.8, 4) is 11.5 Å². The van der Waals surface area contributed by atoms with Crippen LogP contribution < -0.4 is 14.8 Å². The van der Waals surface area contributed by atoms with E-state index >= 15 is 0 Å². The number of nitrogens with one attached hydrogen (secondary N) is 1. The monoisotopic (exact) mass is 471 g/mol. The minimum Gasteiger partial charge on any atom is -0.490 e. The highest BCUT2D eigenvalue weighted by atomic mass is 79.9. The van der Waals surface area contributed by atoms with Crippen LogP contribution in [0.3, 0.4) is 0 Å². The maximum atomic E-state index is 14.0. The van der Waals surface area contributed by atoms with E-state index in [1.165, 1.54) is 6.07 Å². The molecule has 1 unspecified atom stereocenters. The predicted molar refractivity (Wildman–Crippen MR) is 112 cm³/mol. The molecule has 0 amide bonds. The second-order valence-electron chi connectivity index (χ2n) is 6.58. The lowest BCUT2D eigenvalue weighted by atomic mass is 10.2. The maximum Gasteiger partial charge on any atom is 0.162 e. The molecule has 2 aromatic rings. The Morgan fingerprint density at radius 1 is 1.29 bits per heavy atom. The molecule has 1 atom stereocenters. The number of ether oxygens (including phenoxy) is 3. The normalized spacial score (nSPS) is 16.4. The third kappa shape index (κ3) is 5.60. The van der Waals surface area contributed by atoms with E-state index in [1.54, 1.807) is 12.1 Å². The van der Waals surface area contributed by atoms with Gasteiger partial charge in [-0.25, -0.2) is 4.39 Å². The first-order chi connectivity index (χ1) is 13.6. The highest BCUT2D eigenvalue weighted by molar-refractivity contribution is 9.10. The average Bonchev–Trinajstić information content (AvgIpc) is 3.18. The Morgan fingerprint density at radius 2 is 2.11 bits per heavy atom. The molecular weight excluding hydrogens is 449 g/mol. The fourth-order valence-corrected chi connectivity index (χ4v) is 3.77. The van der Waals surface area contributed by atoms with Crippen LogP contribution in [0.25, 0.3) is 0 Å². The Labute approximate surface area is 178 Å². The quantitative estimate of drug-likeness (QED) is 0.524. The summed E-state index contributed by atoms with van der Waals surface area (Å²) in [5.41, 5.74) is 1.38. The first-order valence-electron chi connectivity index (χ1n) is 9.41. The van der Waals surface area contributed by atoms with E-state index in [9.17, 15) is 4.39 Å². The molecule has 2 aromatic carbocycles. The summed E-state index contributed by atoms with van der Waals surface area (Å²) >= 11 is 9.68. The summed E-state index contributed by atoms with van der Waals surface area (Å²) in [6.07, 6.45) is 2.52. The van der Waals surface area contributed by atoms with Crippen molar-refractivity contribution in [2.24, 2.45) is 0 Å². The van der Waals surface area contributed by atoms with Gasteiger partial charge in [0.1, 0.15) is 12.4 Å². The van der Waals surface area contributed by atoms with E-state index in [2.05, 4.69) is 21.2 Å². The van der Waals surface area contributed by atoms with Gasteiger partial charge in [0.05, 0.1) is 17.7 Å². The molecule has 1 fully saturated rings. The highest BCUT2D eigenvalue weighted by Crippen LogP contribution is 2.35. The second-order valence-corrected chi connectivity index (χ2v) is 7.84. The molecule has 4 nitrogen and oxygen atoms in total. The SMILES string of the molecule is CCOc1cc(CNCC2CCCO2)c(Br)cc1OCc1c(F)cccc1Cl. The Hall–Kier alpha value is -1.34. The van der Waals surface area contributed by atoms with E-state index in [0.717, 1.165) is 36.0 Å². The van der Waals surface area contributed by atoms with E-state index in [4.69, 9.17) is 25.8 Å². The molecule has 0 spiro atoms. The summed E-state index contributed by atoms with van der Waals surface area (Å²) < 4.78 is 32.1. The molecule has 28 heavy (non-hydrogen) atoms. The van der Waals surface area contributed by atoms with E-state index in [1.807, 2.05) is 19.1 Å². The number of halogens is 3. The van der Waals surface area contributed by atoms with Crippen molar-refractivity contribution in [2.75, 3.05) is 19.8 Å². The molecule has 1 aliphatic heterocycles. The first-order valence-corrected chi connectivity index (χ1v) is 10.6. The van der Waals surface area contributed by atoms with Crippen LogP contribution in [0.2, 0.25) is 5.02 Å². The zero-order valence-electron chi connectivity index (χ0n) is 15.8. The lowest BCUT2D eigenvalue weighted by Gasteiger charge is -2.17. The predicted octanol–water partition coefficient (Wildman–Crippen LogP) is 5.49. The minimum absolute atomic E-state index is 0.0225. The second kappa shape index (κ2) is 10.4. The standard InChI is InChI=1S/C21H24BrClFNO3/c1-2-26-20-9-14(11-25-12-15-5-4-8-27-15)17(22)10-21(20)28-13-16-18(23)6-3-7-19(16)24/h3,6-7,9-10,15,25H,2,4-5,8,11-13H2,1H3. The third-order valence-corrected chi connectivity index (χ3v) is 5.65. The van der Waals surface area contributed by atoms with Crippen molar-refractivity contribution in [3.63, 3.8) is 0 Å². The maximum absolute atomic E-state index is 14.0. The zero-order chi connectivity index (χ0) is 19.9. The van der Waals surface area contributed by atoms with Gasteiger partial charge in [-0.3, -0.25) is 0 Å². The number of hydrogen-bond donors (Lipinski definition) is 1. The van der Waals surface area contributed by atoms with Crippen molar-refractivity contribution >= 4 is 27.5 Å². The summed E-state index contributed by atoms with van der Waals surface area (Å²) in [5.74, 6) is 0.766. The highest BCUT2D eigenvalue weighted by Gasteiger charge is 2.16. The number of rotatable bonds is 9. The van der Waals surface area contributed by atoms with Crippen molar-refractivity contribution in [1.82, 2.24) is 5.32 Å². The summed E-state index contributed by atoms with van der Waals surface area (Å²) in [6, 6.07) is 8.37. The van der Waals surface area contributed by atoms with Gasteiger partial charge in [-0.2, -0.15) is 0 Å². The molecule has 0 bridgehead atoms. The van der Waals surface area contributed by atoms with Crippen LogP contribution in [0.15, 0.2) is 34.8 Å². The topological polar surface area (TPSA) is 39.7 Å². The minimum atomic E-state index is -0.389. The van der Waals surface area contributed by atoms with Crippen LogP contribution in [0, 0.1) is 5.82 Å². The zero-order valence-corrected chi connectivity index (χ0v) is 18.1. The van der Waals surface area contributed by atoms with Crippen LogP contribution in [-0.4, -0.2) is 25.9 Å². The Balaban J connectivity index is 1.69. The molecule has 0 aliphatic carbocycles. The number of hydrogen-bond acceptors (Lipinski definition) is 4. The van der Waals surface area contributed by atoms with Gasteiger partial charge in [-0.1, -0.05) is 33.6 Å². The van der Waals surface area contributed by atoms with Gasteiger partial charge in [0.2, 0.25) is 0 Å². The van der Waals surface area contributed by atoms with Gasteiger partial charge in [-0.05, 0) is 49.6 Å². The summed E-state index contributed by atoms with van der Waals surface area (Å²) in [6.45, 7) is 4.79. The largest absolute Gasteiger partial charge is 0.490 e. The van der Waals surface area contributed by atoms with Crippen molar-refractivity contribution < 1.29 is 18.6 Å². The van der Waals surface area contributed by atoms with Crippen LogP contribution in [0.5, 0.6) is 11.5 Å². The third-order valence-electron chi connectivity index (χ3n) is 4.56. The van der Waals surface area contributed by atoms with E-state index < -0.39 is 0 Å². The summed E-state index contributed by atoms with van der Waals surface area (Å²) in [5, 5.41) is 3.77. The molecule has 152 valence electrons. The fraction of sp³-hybridized carbons (Fsp3) is 0.429. The van der Waals surface area contributed by atoms with E-state index in [0.29, 0.717) is 41.3 Å². The molecule has 1 aliphatic rings. The van der Waals surface area contributed by atoms with Gasteiger partial charge in [0.25, 0.3) is 0 Å². The average molecular weight is 473 g/mol. The van der Waals surface area contributed by atoms with E-state index in [-0.39, 0.29) is 12.4 Å². The van der Waals surface area contributed by atoms with Crippen molar-refractivity contribution in [2.45, 2.75) is 39.0 Å². The fourth-order valence-electron chi connectivity index (χ4n) is 3.09. The Bertz CT molecular complexity index is 779. The molecule has 0 aromatic heterocycles. The Kier molecular flexibility index (Phi) is 7.97. The van der Waals surface area contributed by atoms with Gasteiger partial charge >= 0.3 is 0 Å². The summed E-state index contributed by atoms with van der Waals surface area (Å²) in [4.78, 5) is 0. The van der Waals surface area contributed by atoms with Crippen molar-refractivity contribution in [1.29, 1.82) is 0 Å². The van der Waals surface area contributed by atoms with Crippen LogP contribution in [-0.2, 0) is 17.9 Å². The number of benzene rings is 2. The van der Waals surface area contributed by atoms with Gasteiger partial charge < -0.3 is 19.5 Å².